The fourth-order valence-electron chi connectivity index (χ4n) is 4.59. The van der Waals surface area contributed by atoms with Gasteiger partial charge in [-0.15, -0.1) is 0 Å². The molecular formula is C28H33F3N6O6S. The first-order valence-corrected chi connectivity index (χ1v) is 15.0. The predicted octanol–water partition coefficient (Wildman–Crippen LogP) is 3.62. The monoisotopic (exact) mass is 638 g/mol. The van der Waals surface area contributed by atoms with Gasteiger partial charge in [0.1, 0.15) is 11.9 Å². The van der Waals surface area contributed by atoms with Gasteiger partial charge >= 0.3 is 12.2 Å². The lowest BCUT2D eigenvalue weighted by molar-refractivity contribution is -0.137. The van der Waals surface area contributed by atoms with Gasteiger partial charge in [-0.05, 0) is 49.4 Å². The summed E-state index contributed by atoms with van der Waals surface area (Å²) >= 11 is 0. The molecule has 2 heterocycles. The Labute approximate surface area is 252 Å². The van der Waals surface area contributed by atoms with Crippen molar-refractivity contribution in [3.05, 3.63) is 66.1 Å². The number of nitrogens with one attached hydrogen (secondary N) is 2. The van der Waals surface area contributed by atoms with Crippen LogP contribution in [0.3, 0.4) is 0 Å². The minimum absolute atomic E-state index is 0.0600. The number of hydrogen-bond donors (Lipinski definition) is 3. The lowest BCUT2D eigenvalue weighted by Crippen LogP contribution is -2.50. The maximum atomic E-state index is 13.7. The summed E-state index contributed by atoms with van der Waals surface area (Å²) in [6.07, 6.45) is -2.48. The van der Waals surface area contributed by atoms with E-state index in [1.807, 2.05) is 6.92 Å². The van der Waals surface area contributed by atoms with E-state index in [1.165, 1.54) is 47.2 Å². The number of benzene rings is 2. The van der Waals surface area contributed by atoms with Crippen molar-refractivity contribution >= 4 is 33.3 Å². The van der Waals surface area contributed by atoms with Crippen LogP contribution in [0.5, 0.6) is 5.75 Å². The minimum Gasteiger partial charge on any atom is -0.488 e. The van der Waals surface area contributed by atoms with Gasteiger partial charge in [0.05, 0.1) is 36.6 Å². The first-order chi connectivity index (χ1) is 20.6. The van der Waals surface area contributed by atoms with Crippen molar-refractivity contribution in [2.45, 2.75) is 37.2 Å². The Morgan fingerprint density at radius 3 is 2.41 bits per heavy atom. The lowest BCUT2D eigenvalue weighted by atomic mass is 9.99. The zero-order valence-corrected chi connectivity index (χ0v) is 25.2. The van der Waals surface area contributed by atoms with E-state index in [-0.39, 0.29) is 53.3 Å². The van der Waals surface area contributed by atoms with E-state index in [0.717, 1.165) is 28.6 Å². The maximum absolute atomic E-state index is 13.7. The van der Waals surface area contributed by atoms with Crippen molar-refractivity contribution in [2.75, 3.05) is 37.4 Å². The molecule has 3 atom stereocenters. The lowest BCUT2D eigenvalue weighted by Gasteiger charge is -2.38. The second-order valence-corrected chi connectivity index (χ2v) is 12.6. The highest BCUT2D eigenvalue weighted by Gasteiger charge is 2.36. The van der Waals surface area contributed by atoms with Gasteiger partial charge in [0.2, 0.25) is 0 Å². The van der Waals surface area contributed by atoms with Crippen LogP contribution in [-0.4, -0.2) is 83.1 Å². The second-order valence-electron chi connectivity index (χ2n) is 10.7. The molecule has 4 rings (SSSR count). The van der Waals surface area contributed by atoms with Crippen LogP contribution in [-0.2, 0) is 23.2 Å². The van der Waals surface area contributed by atoms with Crippen LogP contribution in [0.15, 0.2) is 60.0 Å². The Hall–Kier alpha value is -4.15. The molecule has 0 saturated heterocycles. The second kappa shape index (κ2) is 12.8. The van der Waals surface area contributed by atoms with E-state index in [1.54, 1.807) is 14.0 Å². The zero-order valence-electron chi connectivity index (χ0n) is 24.4. The minimum atomic E-state index is -4.52. The van der Waals surface area contributed by atoms with Crippen LogP contribution in [0.2, 0.25) is 0 Å². The summed E-state index contributed by atoms with van der Waals surface area (Å²) in [5.41, 5.74) is -0.504. The summed E-state index contributed by atoms with van der Waals surface area (Å²) in [5, 5.41) is 14.7. The van der Waals surface area contributed by atoms with Crippen molar-refractivity contribution in [3.63, 3.8) is 0 Å². The highest BCUT2D eigenvalue weighted by atomic mass is 32.2. The summed E-state index contributed by atoms with van der Waals surface area (Å²) in [4.78, 5) is 31.7. The molecule has 12 nitrogen and oxygen atoms in total. The standard InChI is InChI=1S/C28H33F3N6O6S/c1-17-12-37(18(2)15-38)26(39)22-11-21(34-27(40)33-20-7-5-19(6-8-20)28(29,30)31)9-10-23(22)43-24(17)13-36(4)44(41,42)25-14-35(3)16-32-25/h5-11,14,16-18,24,38H,12-13,15H2,1-4H3,(H2,33,34,40)/t17-,18-,24+/m0/s1. The molecule has 0 fully saturated rings. The average Bonchev–Trinajstić information content (AvgIpc) is 3.41. The number of aliphatic hydroxyl groups excluding tert-OH is 1. The first-order valence-electron chi connectivity index (χ1n) is 13.5. The number of halogens is 3. The molecule has 1 aromatic heterocycles. The molecular weight excluding hydrogens is 605 g/mol. The quantitative estimate of drug-likeness (QED) is 0.342. The number of aryl methyl sites for hydroxylation is 1. The zero-order chi connectivity index (χ0) is 32.4. The van der Waals surface area contributed by atoms with E-state index in [0.29, 0.717) is 0 Å². The molecule has 0 spiro atoms. The fourth-order valence-corrected chi connectivity index (χ4v) is 5.73. The molecule has 0 unspecified atom stereocenters. The molecule has 0 aliphatic carbocycles. The van der Waals surface area contributed by atoms with E-state index < -0.39 is 45.8 Å². The van der Waals surface area contributed by atoms with E-state index >= 15 is 0 Å². The number of amides is 3. The maximum Gasteiger partial charge on any atom is 0.416 e. The number of aliphatic hydroxyl groups is 1. The van der Waals surface area contributed by atoms with Crippen LogP contribution in [0.25, 0.3) is 0 Å². The number of rotatable bonds is 8. The molecule has 1 aliphatic rings. The number of imidazole rings is 1. The van der Waals surface area contributed by atoms with E-state index in [4.69, 9.17) is 4.74 Å². The molecule has 3 aromatic rings. The highest BCUT2D eigenvalue weighted by molar-refractivity contribution is 7.89. The van der Waals surface area contributed by atoms with Gasteiger partial charge in [0.15, 0.2) is 5.03 Å². The van der Waals surface area contributed by atoms with E-state index in [2.05, 4.69) is 15.6 Å². The number of anilines is 2. The first kappa shape index (κ1) is 32.8. The van der Waals surface area contributed by atoms with Crippen LogP contribution in [0.1, 0.15) is 29.8 Å². The summed E-state index contributed by atoms with van der Waals surface area (Å²) < 4.78 is 73.6. The molecule has 0 bridgehead atoms. The number of urea groups is 1. The number of sulfonamides is 1. The molecule has 2 aromatic carbocycles. The Bertz CT molecular complexity index is 1610. The number of carbonyl (C=O) groups excluding carboxylic acids is 2. The largest absolute Gasteiger partial charge is 0.488 e. The number of alkyl halides is 3. The summed E-state index contributed by atoms with van der Waals surface area (Å²) in [5.74, 6) is -0.707. The third kappa shape index (κ3) is 7.31. The molecule has 3 amide bonds. The Balaban J connectivity index is 1.58. The summed E-state index contributed by atoms with van der Waals surface area (Å²) in [6.45, 7) is 3.20. The summed E-state index contributed by atoms with van der Waals surface area (Å²) in [7, 11) is -0.894. The normalized spacial score (nSPS) is 18.2. The number of likely N-dealkylation sites (N-methyl/N-ethyl adjacent to an activating group) is 1. The smallest absolute Gasteiger partial charge is 0.416 e. The number of aromatic nitrogens is 2. The molecule has 3 N–H and O–H groups in total. The van der Waals surface area contributed by atoms with Crippen molar-refractivity contribution in [1.82, 2.24) is 18.8 Å². The van der Waals surface area contributed by atoms with Crippen LogP contribution >= 0.6 is 0 Å². The van der Waals surface area contributed by atoms with Gasteiger partial charge in [0.25, 0.3) is 15.9 Å². The third-order valence-corrected chi connectivity index (χ3v) is 8.89. The molecule has 1 aliphatic heterocycles. The van der Waals surface area contributed by atoms with Crippen LogP contribution in [0.4, 0.5) is 29.3 Å². The topological polar surface area (TPSA) is 146 Å². The van der Waals surface area contributed by atoms with Gasteiger partial charge in [-0.1, -0.05) is 6.92 Å². The van der Waals surface area contributed by atoms with Crippen molar-refractivity contribution in [2.24, 2.45) is 13.0 Å². The third-order valence-electron chi connectivity index (χ3n) is 7.19. The van der Waals surface area contributed by atoms with Crippen molar-refractivity contribution in [3.8, 4) is 5.75 Å². The fraction of sp³-hybridized carbons (Fsp3) is 0.393. The number of hydrogen-bond acceptors (Lipinski definition) is 7. The SMILES string of the molecule is C[C@H]1CN([C@@H](C)CO)C(=O)c2cc(NC(=O)Nc3ccc(C(F)(F)F)cc3)ccc2O[C@@H]1CN(C)S(=O)(=O)c1cn(C)cn1. The Morgan fingerprint density at radius 1 is 1.18 bits per heavy atom. The van der Waals surface area contributed by atoms with Gasteiger partial charge in [-0.25, -0.2) is 18.2 Å². The molecule has 0 radical (unpaired) electrons. The Morgan fingerprint density at radius 2 is 1.82 bits per heavy atom. The van der Waals surface area contributed by atoms with Crippen LogP contribution in [0, 0.1) is 5.92 Å². The Kier molecular flexibility index (Phi) is 9.56. The number of ether oxygens (including phenoxy) is 1. The van der Waals surface area contributed by atoms with Crippen LogP contribution < -0.4 is 15.4 Å². The number of fused-ring (bicyclic) bond motifs is 1. The predicted molar refractivity (Wildman–Crippen MR) is 155 cm³/mol. The van der Waals surface area contributed by atoms with Gasteiger partial charge in [-0.3, -0.25) is 4.79 Å². The number of carbonyl (C=O) groups is 2. The van der Waals surface area contributed by atoms with Gasteiger partial charge in [-0.2, -0.15) is 17.5 Å². The highest BCUT2D eigenvalue weighted by Crippen LogP contribution is 2.32. The number of nitrogens with zero attached hydrogens (tertiary/aromatic N) is 4. The molecule has 0 saturated carbocycles. The average molecular weight is 639 g/mol. The molecule has 16 heteroatoms. The van der Waals surface area contributed by atoms with Gasteiger partial charge in [0, 0.05) is 44.1 Å². The van der Waals surface area contributed by atoms with E-state index in [9.17, 15) is 36.3 Å². The van der Waals surface area contributed by atoms with Gasteiger partial charge < -0.3 is 29.9 Å². The summed E-state index contributed by atoms with van der Waals surface area (Å²) in [6, 6.07) is 6.85. The van der Waals surface area contributed by atoms with Crippen molar-refractivity contribution < 1.29 is 41.0 Å². The molecule has 44 heavy (non-hydrogen) atoms. The molecule has 238 valence electrons. The van der Waals surface area contributed by atoms with Crippen molar-refractivity contribution in [1.29, 1.82) is 0 Å².